The molecule has 0 saturated carbocycles. The number of hydrogen-bond donors (Lipinski definition) is 0. The summed E-state index contributed by atoms with van der Waals surface area (Å²) in [5, 5.41) is 2.29. The summed E-state index contributed by atoms with van der Waals surface area (Å²) in [6.45, 7) is 2.64. The first-order valence-corrected chi connectivity index (χ1v) is 9.09. The summed E-state index contributed by atoms with van der Waals surface area (Å²) >= 11 is 0. The maximum Gasteiger partial charge on any atom is 0.128 e. The van der Waals surface area contributed by atoms with Gasteiger partial charge in [-0.3, -0.25) is 0 Å². The third kappa shape index (κ3) is 3.65. The van der Waals surface area contributed by atoms with Crippen molar-refractivity contribution in [3.63, 3.8) is 0 Å². The van der Waals surface area contributed by atoms with Crippen molar-refractivity contribution in [3.05, 3.63) is 96.1 Å². The summed E-state index contributed by atoms with van der Waals surface area (Å²) in [5.74, 6) is 1.75. The number of aryl methyl sites for hydroxylation is 1. The normalized spacial score (nSPS) is 10.7. The molecule has 4 aromatic carbocycles. The Labute approximate surface area is 160 Å². The molecule has 0 spiro atoms. The predicted octanol–water partition coefficient (Wildman–Crippen LogP) is 6.40. The monoisotopic (exact) mass is 354 g/mol. The van der Waals surface area contributed by atoms with Crippen molar-refractivity contribution in [1.82, 2.24) is 0 Å². The third-order valence-electron chi connectivity index (χ3n) is 4.73. The lowest BCUT2D eigenvalue weighted by Crippen LogP contribution is -1.98. The zero-order valence-corrected chi connectivity index (χ0v) is 15.6. The highest BCUT2D eigenvalue weighted by Crippen LogP contribution is 2.38. The smallest absolute Gasteiger partial charge is 0.128 e. The van der Waals surface area contributed by atoms with Gasteiger partial charge in [0, 0.05) is 5.56 Å². The van der Waals surface area contributed by atoms with Crippen molar-refractivity contribution >= 4 is 10.8 Å². The number of fused-ring (bicyclic) bond motifs is 1. The van der Waals surface area contributed by atoms with Crippen molar-refractivity contribution < 1.29 is 9.47 Å². The second-order valence-electron chi connectivity index (χ2n) is 6.67. The average Bonchev–Trinajstić information content (AvgIpc) is 2.72. The Kier molecular flexibility index (Phi) is 4.80. The van der Waals surface area contributed by atoms with E-state index in [2.05, 4.69) is 79.7 Å². The Morgan fingerprint density at radius 1 is 0.778 bits per heavy atom. The molecule has 0 heterocycles. The fourth-order valence-electron chi connectivity index (χ4n) is 3.40. The average molecular weight is 354 g/mol. The standard InChI is InChI=1S/C25H22O2/c1-18-7-6-8-19(15-18)17-27-24-14-11-21-16-22(26-2)12-13-23(21)25(24)20-9-4-3-5-10-20/h3-16H,17H2,1-2H3. The zero-order chi connectivity index (χ0) is 18.6. The number of methoxy groups -OCH3 is 1. The third-order valence-corrected chi connectivity index (χ3v) is 4.73. The van der Waals surface area contributed by atoms with Crippen LogP contribution in [0.5, 0.6) is 11.5 Å². The summed E-state index contributed by atoms with van der Waals surface area (Å²) in [5.41, 5.74) is 4.67. The molecule has 2 heteroatoms. The van der Waals surface area contributed by atoms with Gasteiger partial charge in [0.1, 0.15) is 18.1 Å². The molecule has 0 aromatic heterocycles. The Morgan fingerprint density at radius 2 is 1.63 bits per heavy atom. The molecule has 0 unspecified atom stereocenters. The van der Waals surface area contributed by atoms with Crippen LogP contribution in [0.1, 0.15) is 11.1 Å². The lowest BCUT2D eigenvalue weighted by atomic mass is 9.97. The first-order chi connectivity index (χ1) is 13.2. The molecule has 0 bridgehead atoms. The van der Waals surface area contributed by atoms with E-state index in [4.69, 9.17) is 9.47 Å². The topological polar surface area (TPSA) is 18.5 Å². The molecular formula is C25H22O2. The number of benzene rings is 4. The van der Waals surface area contributed by atoms with E-state index in [0.717, 1.165) is 33.4 Å². The number of ether oxygens (including phenoxy) is 2. The fourth-order valence-corrected chi connectivity index (χ4v) is 3.40. The second-order valence-corrected chi connectivity index (χ2v) is 6.67. The van der Waals surface area contributed by atoms with Crippen LogP contribution in [0.25, 0.3) is 21.9 Å². The van der Waals surface area contributed by atoms with Crippen molar-refractivity contribution in [2.24, 2.45) is 0 Å². The van der Waals surface area contributed by atoms with Gasteiger partial charge in [0.05, 0.1) is 7.11 Å². The molecule has 0 saturated heterocycles. The van der Waals surface area contributed by atoms with Gasteiger partial charge in [0.25, 0.3) is 0 Å². The highest BCUT2D eigenvalue weighted by Gasteiger charge is 2.12. The van der Waals surface area contributed by atoms with Gasteiger partial charge < -0.3 is 9.47 Å². The van der Waals surface area contributed by atoms with Crippen molar-refractivity contribution in [1.29, 1.82) is 0 Å². The van der Waals surface area contributed by atoms with Crippen LogP contribution < -0.4 is 9.47 Å². The van der Waals surface area contributed by atoms with Crippen LogP contribution in [0.3, 0.4) is 0 Å². The molecule has 4 rings (SSSR count). The Balaban J connectivity index is 1.79. The van der Waals surface area contributed by atoms with Crippen molar-refractivity contribution in [3.8, 4) is 22.6 Å². The molecule has 0 amide bonds. The zero-order valence-electron chi connectivity index (χ0n) is 15.6. The van der Waals surface area contributed by atoms with Crippen LogP contribution in [-0.2, 0) is 6.61 Å². The molecule has 0 radical (unpaired) electrons. The van der Waals surface area contributed by atoms with Gasteiger partial charge in [-0.2, -0.15) is 0 Å². The van der Waals surface area contributed by atoms with E-state index in [9.17, 15) is 0 Å². The molecule has 27 heavy (non-hydrogen) atoms. The van der Waals surface area contributed by atoms with Crippen LogP contribution in [-0.4, -0.2) is 7.11 Å². The van der Waals surface area contributed by atoms with Crippen LogP contribution >= 0.6 is 0 Å². The summed E-state index contributed by atoms with van der Waals surface area (Å²) < 4.78 is 11.6. The Morgan fingerprint density at radius 3 is 2.41 bits per heavy atom. The fraction of sp³-hybridized carbons (Fsp3) is 0.120. The van der Waals surface area contributed by atoms with E-state index in [0.29, 0.717) is 6.61 Å². The van der Waals surface area contributed by atoms with Crippen molar-refractivity contribution in [2.45, 2.75) is 13.5 Å². The van der Waals surface area contributed by atoms with E-state index < -0.39 is 0 Å². The first-order valence-electron chi connectivity index (χ1n) is 9.09. The number of hydrogen-bond acceptors (Lipinski definition) is 2. The Bertz CT molecular complexity index is 1070. The second kappa shape index (κ2) is 7.55. The largest absolute Gasteiger partial charge is 0.497 e. The lowest BCUT2D eigenvalue weighted by molar-refractivity contribution is 0.308. The maximum absolute atomic E-state index is 6.27. The van der Waals surface area contributed by atoms with Gasteiger partial charge in [-0.05, 0) is 53.1 Å². The molecule has 0 aliphatic carbocycles. The molecule has 0 fully saturated rings. The van der Waals surface area contributed by atoms with Gasteiger partial charge in [-0.1, -0.05) is 66.2 Å². The van der Waals surface area contributed by atoms with Gasteiger partial charge in [-0.15, -0.1) is 0 Å². The van der Waals surface area contributed by atoms with Gasteiger partial charge in [-0.25, -0.2) is 0 Å². The molecular weight excluding hydrogens is 332 g/mol. The molecule has 0 atom stereocenters. The van der Waals surface area contributed by atoms with Crippen molar-refractivity contribution in [2.75, 3.05) is 7.11 Å². The molecule has 4 aromatic rings. The quantitative estimate of drug-likeness (QED) is 0.413. The van der Waals surface area contributed by atoms with E-state index in [1.54, 1.807) is 7.11 Å². The minimum atomic E-state index is 0.545. The van der Waals surface area contributed by atoms with Gasteiger partial charge in [0.2, 0.25) is 0 Å². The molecule has 0 N–H and O–H groups in total. The molecule has 134 valence electrons. The van der Waals surface area contributed by atoms with Crippen LogP contribution in [0.2, 0.25) is 0 Å². The maximum atomic E-state index is 6.27. The van der Waals surface area contributed by atoms with E-state index in [1.807, 2.05) is 12.1 Å². The van der Waals surface area contributed by atoms with Crippen LogP contribution in [0.4, 0.5) is 0 Å². The molecule has 2 nitrogen and oxygen atoms in total. The molecule has 0 aliphatic heterocycles. The minimum Gasteiger partial charge on any atom is -0.497 e. The predicted molar refractivity (Wildman–Crippen MR) is 111 cm³/mol. The lowest BCUT2D eigenvalue weighted by Gasteiger charge is -2.15. The Hall–Kier alpha value is -3.26. The summed E-state index contributed by atoms with van der Waals surface area (Å²) in [6, 6.07) is 29.1. The van der Waals surface area contributed by atoms with E-state index in [1.165, 1.54) is 11.1 Å². The number of rotatable bonds is 5. The van der Waals surface area contributed by atoms with E-state index >= 15 is 0 Å². The summed E-state index contributed by atoms with van der Waals surface area (Å²) in [6.07, 6.45) is 0. The van der Waals surface area contributed by atoms with Gasteiger partial charge in [0.15, 0.2) is 0 Å². The van der Waals surface area contributed by atoms with E-state index in [-0.39, 0.29) is 0 Å². The highest BCUT2D eigenvalue weighted by molar-refractivity contribution is 6.00. The molecule has 0 aliphatic rings. The summed E-state index contributed by atoms with van der Waals surface area (Å²) in [4.78, 5) is 0. The minimum absolute atomic E-state index is 0.545. The highest BCUT2D eigenvalue weighted by atomic mass is 16.5. The van der Waals surface area contributed by atoms with Crippen LogP contribution in [0, 0.1) is 6.92 Å². The van der Waals surface area contributed by atoms with Crippen LogP contribution in [0.15, 0.2) is 84.9 Å². The first kappa shape index (κ1) is 17.2. The SMILES string of the molecule is COc1ccc2c(-c3ccccc3)c(OCc3cccc(C)c3)ccc2c1. The summed E-state index contributed by atoms with van der Waals surface area (Å²) in [7, 11) is 1.69. The van der Waals surface area contributed by atoms with Gasteiger partial charge >= 0.3 is 0 Å².